The summed E-state index contributed by atoms with van der Waals surface area (Å²) in [5, 5.41) is 21.7. The molecule has 3 fully saturated rings. The van der Waals surface area contributed by atoms with E-state index in [-0.39, 0.29) is 22.5 Å². The van der Waals surface area contributed by atoms with Crippen molar-refractivity contribution >= 4 is 61.7 Å². The predicted octanol–water partition coefficient (Wildman–Crippen LogP) is 0.177. The van der Waals surface area contributed by atoms with Crippen molar-refractivity contribution in [1.29, 1.82) is 0 Å². The van der Waals surface area contributed by atoms with Crippen molar-refractivity contribution < 1.29 is 84.5 Å². The summed E-state index contributed by atoms with van der Waals surface area (Å²) in [5.74, 6) is -8.90. The van der Waals surface area contributed by atoms with Crippen LogP contribution in [0, 0.1) is 11.8 Å². The van der Waals surface area contributed by atoms with Crippen LogP contribution in [0.2, 0.25) is 0 Å². The number of nitrogens with two attached hydrogens (primary N) is 2. The van der Waals surface area contributed by atoms with Gasteiger partial charge in [0.25, 0.3) is 0 Å². The second-order valence-corrected chi connectivity index (χ2v) is 15.9. The number of carbonyl (C=O) groups is 3. The van der Waals surface area contributed by atoms with Crippen LogP contribution in [-0.4, -0.2) is 105 Å². The number of alkyl halides is 1. The monoisotopic (exact) mass is 774 g/mol. The molecule has 50 heavy (non-hydrogen) atoms. The van der Waals surface area contributed by atoms with E-state index < -0.39 is 112 Å². The number of ether oxygens (including phenoxy) is 5. The summed E-state index contributed by atoms with van der Waals surface area (Å²) < 4.78 is 87.7. The summed E-state index contributed by atoms with van der Waals surface area (Å²) in [6.45, 7) is -3.66. The molecule has 25 heteroatoms. The van der Waals surface area contributed by atoms with E-state index in [2.05, 4.69) is 31.3 Å². The van der Waals surface area contributed by atoms with Crippen LogP contribution < -0.4 is 11.5 Å². The number of aromatic nitrogens is 2. The van der Waals surface area contributed by atoms with Gasteiger partial charge in [-0.15, -0.1) is 0 Å². The minimum atomic E-state index is -5.55. The molecule has 8 unspecified atom stereocenters. The van der Waals surface area contributed by atoms with Crippen molar-refractivity contribution in [2.75, 3.05) is 18.9 Å². The van der Waals surface area contributed by atoms with Crippen molar-refractivity contribution in [3.63, 3.8) is 0 Å². The Hall–Kier alpha value is -2.79. The van der Waals surface area contributed by atoms with Crippen LogP contribution in [-0.2, 0) is 60.6 Å². The Labute approximate surface area is 286 Å². The molecule has 0 aromatic carbocycles. The van der Waals surface area contributed by atoms with Crippen LogP contribution in [0.1, 0.15) is 32.4 Å². The zero-order valence-corrected chi connectivity index (χ0v) is 28.9. The highest BCUT2D eigenvalue weighted by Gasteiger charge is 2.78. The van der Waals surface area contributed by atoms with E-state index in [9.17, 15) is 38.6 Å². The maximum absolute atomic E-state index is 15.4. The molecule has 0 amide bonds. The number of thiol groups is 1. The first-order chi connectivity index (χ1) is 23.3. The molecule has 7 N–H and O–H groups in total. The Morgan fingerprint density at radius 2 is 1.84 bits per heavy atom. The predicted molar refractivity (Wildman–Crippen MR) is 162 cm³/mol. The first-order valence-corrected chi connectivity index (χ1v) is 18.7. The van der Waals surface area contributed by atoms with E-state index >= 15 is 4.39 Å². The first kappa shape index (κ1) is 38.4. The van der Waals surface area contributed by atoms with Crippen LogP contribution in [0.5, 0.6) is 0 Å². The molecule has 278 valence electrons. The minimum Gasteiger partial charge on any atom is -0.463 e. The van der Waals surface area contributed by atoms with E-state index in [4.69, 9.17) is 43.9 Å². The van der Waals surface area contributed by atoms with Crippen molar-refractivity contribution in [2.24, 2.45) is 17.6 Å². The van der Waals surface area contributed by atoms with E-state index in [1.165, 1.54) is 12.6 Å². The number of carbonyl (C=O) groups excluding carboxylic acids is 3. The van der Waals surface area contributed by atoms with Crippen molar-refractivity contribution in [3.05, 3.63) is 18.2 Å². The third kappa shape index (κ3) is 7.55. The number of rotatable bonds is 13. The lowest BCUT2D eigenvalue weighted by molar-refractivity contribution is -0.425. The maximum Gasteiger partial charge on any atom is 0.482 e. The smallest absolute Gasteiger partial charge is 0.463 e. The van der Waals surface area contributed by atoms with Gasteiger partial charge in [-0.2, -0.15) is 4.31 Å². The number of hydrogen-bond acceptors (Lipinski definition) is 20. The Morgan fingerprint density at radius 1 is 1.14 bits per heavy atom. The molecule has 0 bridgehead atoms. The number of nitrogens with zero attached hydrogens (tertiary/aromatic N) is 2. The fraction of sp³-hybridized carbons (Fsp3) is 0.640. The number of phosphoric ester groups is 1. The summed E-state index contributed by atoms with van der Waals surface area (Å²) in [4.78, 5) is 53.5. The highest BCUT2D eigenvalue weighted by atomic mass is 32.7. The molecule has 5 rings (SSSR count). The number of aliphatic hydroxyl groups excluding tert-OH is 2. The van der Waals surface area contributed by atoms with Gasteiger partial charge >= 0.3 is 32.5 Å². The van der Waals surface area contributed by atoms with Crippen LogP contribution in [0.25, 0.3) is 11.1 Å². The number of fused-ring (bicyclic) bond motifs is 2. The van der Waals surface area contributed by atoms with E-state index in [1.807, 2.05) is 0 Å². The van der Waals surface area contributed by atoms with E-state index in [0.29, 0.717) is 0 Å². The highest BCUT2D eigenvalue weighted by Crippen LogP contribution is 2.68. The van der Waals surface area contributed by atoms with Crippen LogP contribution >= 0.6 is 26.9 Å². The zero-order valence-electron chi connectivity index (χ0n) is 26.2. The Kier molecular flexibility index (Phi) is 11.0. The Balaban J connectivity index is 1.27. The third-order valence-electron chi connectivity index (χ3n) is 8.04. The molecule has 1 saturated carbocycles. The second-order valence-electron chi connectivity index (χ2n) is 11.4. The first-order valence-electron chi connectivity index (χ1n) is 14.5. The SMILES string of the molecule is CC(=O)OC[C@H](F)C1C(O)C(OC(C)=O)C2C(OP(=O)(O)OP(=O)(S)OC[C@H]3O[C@@H](c4coc5c(N)ncnc45)[C@H](O)[C@@H]3N)OC21OC(C)=O. The minimum absolute atomic E-state index is 0.0304. The molecule has 2 aliphatic heterocycles. The summed E-state index contributed by atoms with van der Waals surface area (Å²) in [6, 6.07) is -1.16. The van der Waals surface area contributed by atoms with Gasteiger partial charge in [-0.05, 0) is 0 Å². The van der Waals surface area contributed by atoms with E-state index in [1.54, 1.807) is 0 Å². The zero-order chi connectivity index (χ0) is 36.9. The molecular weight excluding hydrogens is 741 g/mol. The third-order valence-corrected chi connectivity index (χ3v) is 11.6. The lowest BCUT2D eigenvalue weighted by Gasteiger charge is -2.51. The van der Waals surface area contributed by atoms with Gasteiger partial charge in [0, 0.05) is 26.3 Å². The number of furan rings is 1. The number of nitrogen functional groups attached to an aromatic ring is 1. The maximum atomic E-state index is 15.4. The number of aliphatic hydroxyl groups is 2. The summed E-state index contributed by atoms with van der Waals surface area (Å²) in [7, 11) is -5.55. The molecule has 2 aromatic rings. The second kappa shape index (κ2) is 14.3. The molecule has 1 aliphatic carbocycles. The Bertz CT molecular complexity index is 1740. The number of anilines is 1. The van der Waals surface area contributed by atoms with Crippen molar-refractivity contribution in [2.45, 2.75) is 75.6 Å². The largest absolute Gasteiger partial charge is 0.482 e. The lowest BCUT2D eigenvalue weighted by Crippen LogP contribution is -2.66. The average molecular weight is 775 g/mol. The molecule has 21 nitrogen and oxygen atoms in total. The van der Waals surface area contributed by atoms with Gasteiger partial charge in [-0.3, -0.25) is 23.4 Å². The van der Waals surface area contributed by atoms with Gasteiger partial charge in [-0.25, -0.2) is 23.5 Å². The average Bonchev–Trinajstić information content (AvgIpc) is 3.58. The van der Waals surface area contributed by atoms with Gasteiger partial charge in [0.1, 0.15) is 61.1 Å². The molecular formula is C25H33FN4O17P2S. The molecule has 2 saturated heterocycles. The molecule has 3 aliphatic rings. The molecule has 4 heterocycles. The summed E-state index contributed by atoms with van der Waals surface area (Å²) in [5.41, 5.74) is 12.5. The number of esters is 3. The molecule has 2 aromatic heterocycles. The number of hydrogen-bond donors (Lipinski definition) is 6. The van der Waals surface area contributed by atoms with Crippen molar-refractivity contribution in [3.8, 4) is 0 Å². The van der Waals surface area contributed by atoms with Gasteiger partial charge < -0.3 is 54.7 Å². The number of phosphoric acid groups is 1. The van der Waals surface area contributed by atoms with Gasteiger partial charge in [0.15, 0.2) is 17.7 Å². The fourth-order valence-electron chi connectivity index (χ4n) is 6.11. The summed E-state index contributed by atoms with van der Waals surface area (Å²) in [6.07, 6.45) is -9.33. The normalized spacial score (nSPS) is 34.9. The van der Waals surface area contributed by atoms with Gasteiger partial charge in [-0.1, -0.05) is 12.2 Å². The highest BCUT2D eigenvalue weighted by molar-refractivity contribution is 8.45. The van der Waals surface area contributed by atoms with Crippen LogP contribution in [0.15, 0.2) is 17.0 Å². The Morgan fingerprint density at radius 3 is 2.48 bits per heavy atom. The van der Waals surface area contributed by atoms with Gasteiger partial charge in [0.05, 0.1) is 24.8 Å². The molecule has 0 spiro atoms. The number of halogens is 1. The van der Waals surface area contributed by atoms with E-state index in [0.717, 1.165) is 20.8 Å². The standard InChI is InChI=1S/C25H33FN4O17P2S/c1-8(31)39-5-12(26)14-18(34)21(42-9(2)32)15-24(45-25(14,15)44-10(3)33)46-48(36,37)47-49(38,50)41-6-13-16(27)19(35)20(43-13)11-4-40-22-17(11)29-7-30-23(22)28/h4,7,12-16,18-21,24,34-35H,5-6,27H2,1-3H3,(H,36,37)(H,38,50)(H2,28,29,30)/t12-,13+,14?,15?,16+,18?,19+,20-,21?,24?,25?,49?/m0/s1. The van der Waals surface area contributed by atoms with Crippen LogP contribution in [0.4, 0.5) is 10.2 Å². The lowest BCUT2D eigenvalue weighted by atomic mass is 9.86. The van der Waals surface area contributed by atoms with Crippen molar-refractivity contribution in [1.82, 2.24) is 9.97 Å². The summed E-state index contributed by atoms with van der Waals surface area (Å²) >= 11 is 3.70. The van der Waals surface area contributed by atoms with Crippen LogP contribution in [0.3, 0.4) is 0 Å². The quantitative estimate of drug-likeness (QED) is 0.0684. The topological polar surface area (TPSA) is 311 Å². The van der Waals surface area contributed by atoms with Gasteiger partial charge in [0.2, 0.25) is 5.79 Å². The molecule has 0 radical (unpaired) electrons. The fourth-order valence-corrected chi connectivity index (χ4v) is 9.30. The molecule has 13 atom stereocenters.